The van der Waals surface area contributed by atoms with Crippen LogP contribution >= 0.6 is 11.6 Å². The Bertz CT molecular complexity index is 527. The van der Waals surface area contributed by atoms with Gasteiger partial charge in [-0.2, -0.15) is 0 Å². The summed E-state index contributed by atoms with van der Waals surface area (Å²) < 4.78 is 0. The van der Waals surface area contributed by atoms with Crippen LogP contribution in [0.15, 0.2) is 24.3 Å². The molecule has 23 heavy (non-hydrogen) atoms. The number of rotatable bonds is 6. The van der Waals surface area contributed by atoms with Crippen molar-refractivity contribution in [3.05, 3.63) is 34.9 Å². The number of hydrogen-bond donors (Lipinski definition) is 1. The molecule has 1 saturated heterocycles. The zero-order valence-corrected chi connectivity index (χ0v) is 14.7. The molecule has 1 aromatic carbocycles. The van der Waals surface area contributed by atoms with Crippen LogP contribution < -0.4 is 5.32 Å². The highest BCUT2D eigenvalue weighted by molar-refractivity contribution is 6.30. The van der Waals surface area contributed by atoms with E-state index >= 15 is 0 Å². The predicted molar refractivity (Wildman–Crippen MR) is 94.6 cm³/mol. The van der Waals surface area contributed by atoms with Gasteiger partial charge in [0.1, 0.15) is 0 Å². The molecule has 0 bridgehead atoms. The number of hydrogen-bond acceptors (Lipinski definition) is 2. The van der Waals surface area contributed by atoms with Crippen molar-refractivity contribution in [2.24, 2.45) is 5.92 Å². The fourth-order valence-electron chi connectivity index (χ4n) is 3.71. The van der Waals surface area contributed by atoms with Crippen molar-refractivity contribution < 1.29 is 4.79 Å². The van der Waals surface area contributed by atoms with E-state index in [2.05, 4.69) is 29.3 Å². The maximum atomic E-state index is 12.6. The summed E-state index contributed by atoms with van der Waals surface area (Å²) in [6.45, 7) is 3.55. The molecule has 126 valence electrons. The van der Waals surface area contributed by atoms with E-state index in [1.807, 2.05) is 12.1 Å². The highest BCUT2D eigenvalue weighted by atomic mass is 35.5. The molecule has 1 amide bonds. The van der Waals surface area contributed by atoms with E-state index in [1.165, 1.54) is 24.8 Å². The summed E-state index contributed by atoms with van der Waals surface area (Å²) in [5.74, 6) is 0.920. The quantitative estimate of drug-likeness (QED) is 0.846. The minimum atomic E-state index is 0.260. The van der Waals surface area contributed by atoms with Crippen molar-refractivity contribution in [3.63, 3.8) is 0 Å². The normalized spacial score (nSPS) is 22.9. The summed E-state index contributed by atoms with van der Waals surface area (Å²) in [4.78, 5) is 14.7. The molecular formula is C19H27ClN2O. The van der Waals surface area contributed by atoms with Crippen molar-refractivity contribution >= 4 is 17.5 Å². The van der Waals surface area contributed by atoms with Gasteiger partial charge in [-0.15, -0.1) is 0 Å². The topological polar surface area (TPSA) is 32.3 Å². The maximum absolute atomic E-state index is 12.6. The fourth-order valence-corrected chi connectivity index (χ4v) is 3.83. The average Bonchev–Trinajstić information content (AvgIpc) is 3.41. The smallest absolute Gasteiger partial charge is 0.236 e. The van der Waals surface area contributed by atoms with Crippen LogP contribution in [-0.2, 0) is 4.79 Å². The molecule has 1 aromatic rings. The molecule has 0 aromatic heterocycles. The minimum Gasteiger partial charge on any atom is -0.339 e. The number of likely N-dealkylation sites (tertiary alicyclic amines) is 1. The first-order valence-electron chi connectivity index (χ1n) is 8.97. The summed E-state index contributed by atoms with van der Waals surface area (Å²) in [5, 5.41) is 4.29. The van der Waals surface area contributed by atoms with Crippen LogP contribution in [0.25, 0.3) is 0 Å². The van der Waals surface area contributed by atoms with Crippen molar-refractivity contribution in [1.29, 1.82) is 0 Å². The lowest BCUT2D eigenvalue weighted by molar-refractivity contribution is -0.134. The van der Waals surface area contributed by atoms with E-state index in [1.54, 1.807) is 0 Å². The summed E-state index contributed by atoms with van der Waals surface area (Å²) in [7, 11) is 0. The number of carbonyl (C=O) groups excluding carboxylic acids is 1. The van der Waals surface area contributed by atoms with E-state index in [4.69, 9.17) is 11.6 Å². The van der Waals surface area contributed by atoms with Crippen LogP contribution in [0, 0.1) is 5.92 Å². The van der Waals surface area contributed by atoms with Crippen molar-refractivity contribution in [2.45, 2.75) is 57.5 Å². The van der Waals surface area contributed by atoms with E-state index in [9.17, 15) is 4.79 Å². The van der Waals surface area contributed by atoms with E-state index < -0.39 is 0 Å². The molecular weight excluding hydrogens is 308 g/mol. The Morgan fingerprint density at radius 1 is 1.26 bits per heavy atom. The third kappa shape index (κ3) is 4.27. The van der Waals surface area contributed by atoms with Crippen LogP contribution in [0.3, 0.4) is 0 Å². The van der Waals surface area contributed by atoms with Gasteiger partial charge in [0.05, 0.1) is 6.54 Å². The molecule has 2 aliphatic rings. The number of nitrogens with one attached hydrogen (secondary N) is 1. The Hall–Kier alpha value is -1.06. The average molecular weight is 335 g/mol. The molecule has 2 unspecified atom stereocenters. The predicted octanol–water partition coefficient (Wildman–Crippen LogP) is 4.17. The third-order valence-electron chi connectivity index (χ3n) is 5.21. The Kier molecular flexibility index (Phi) is 5.60. The lowest BCUT2D eigenvalue weighted by Gasteiger charge is -2.35. The molecule has 3 rings (SSSR count). The molecule has 2 fully saturated rings. The van der Waals surface area contributed by atoms with Gasteiger partial charge in [0, 0.05) is 23.7 Å². The zero-order valence-electron chi connectivity index (χ0n) is 13.9. The number of carbonyl (C=O) groups is 1. The van der Waals surface area contributed by atoms with Crippen molar-refractivity contribution in [3.8, 4) is 0 Å². The van der Waals surface area contributed by atoms with Gasteiger partial charge >= 0.3 is 0 Å². The van der Waals surface area contributed by atoms with E-state index in [0.29, 0.717) is 18.5 Å². The summed E-state index contributed by atoms with van der Waals surface area (Å²) in [6, 6.07) is 8.76. The highest BCUT2D eigenvalue weighted by Gasteiger charge is 2.33. The van der Waals surface area contributed by atoms with E-state index in [-0.39, 0.29) is 11.9 Å². The molecule has 1 N–H and O–H groups in total. The standard InChI is InChI=1S/C19H27ClN2O/c1-2-17-5-3-4-12-22(17)18(23)13-21-19(14-6-7-14)15-8-10-16(20)11-9-15/h8-11,14,17,19,21H,2-7,12-13H2,1H3. The Morgan fingerprint density at radius 3 is 2.65 bits per heavy atom. The highest BCUT2D eigenvalue weighted by Crippen LogP contribution is 2.41. The van der Waals surface area contributed by atoms with Crippen molar-refractivity contribution in [1.82, 2.24) is 10.2 Å². The van der Waals surface area contributed by atoms with Crippen LogP contribution in [0.1, 0.15) is 57.1 Å². The lowest BCUT2D eigenvalue weighted by Crippen LogP contribution is -2.47. The van der Waals surface area contributed by atoms with Crippen LogP contribution in [0.2, 0.25) is 5.02 Å². The largest absolute Gasteiger partial charge is 0.339 e. The number of halogens is 1. The molecule has 3 nitrogen and oxygen atoms in total. The molecule has 1 heterocycles. The van der Waals surface area contributed by atoms with E-state index in [0.717, 1.165) is 30.8 Å². The maximum Gasteiger partial charge on any atom is 0.236 e. The van der Waals surface area contributed by atoms with Crippen molar-refractivity contribution in [2.75, 3.05) is 13.1 Å². The monoisotopic (exact) mass is 334 g/mol. The number of benzene rings is 1. The summed E-state index contributed by atoms with van der Waals surface area (Å²) in [5.41, 5.74) is 1.25. The van der Waals surface area contributed by atoms with Crippen LogP contribution in [0.5, 0.6) is 0 Å². The number of piperidine rings is 1. The van der Waals surface area contributed by atoms with Gasteiger partial charge < -0.3 is 10.2 Å². The van der Waals surface area contributed by atoms with Gasteiger partial charge in [0.25, 0.3) is 0 Å². The Morgan fingerprint density at radius 2 is 2.00 bits per heavy atom. The van der Waals surface area contributed by atoms with Crippen LogP contribution in [-0.4, -0.2) is 29.9 Å². The second-order valence-corrected chi connectivity index (χ2v) is 7.33. The lowest BCUT2D eigenvalue weighted by atomic mass is 9.99. The molecule has 0 radical (unpaired) electrons. The first-order valence-corrected chi connectivity index (χ1v) is 9.35. The first kappa shape index (κ1) is 16.8. The number of nitrogens with zero attached hydrogens (tertiary/aromatic N) is 1. The molecule has 4 heteroatoms. The molecule has 1 aliphatic carbocycles. The van der Waals surface area contributed by atoms with Gasteiger partial charge in [0.15, 0.2) is 0 Å². The molecule has 2 atom stereocenters. The van der Waals surface area contributed by atoms with Gasteiger partial charge in [-0.05, 0) is 62.1 Å². The summed E-state index contributed by atoms with van der Waals surface area (Å²) in [6.07, 6.45) is 7.11. The fraction of sp³-hybridized carbons (Fsp3) is 0.632. The van der Waals surface area contributed by atoms with Gasteiger partial charge in [-0.1, -0.05) is 30.7 Å². The van der Waals surface area contributed by atoms with Crippen LogP contribution in [0.4, 0.5) is 0 Å². The zero-order chi connectivity index (χ0) is 16.2. The minimum absolute atomic E-state index is 0.260. The Labute approximate surface area is 144 Å². The molecule has 1 saturated carbocycles. The SMILES string of the molecule is CCC1CCCCN1C(=O)CNC(c1ccc(Cl)cc1)C1CC1. The van der Waals surface area contributed by atoms with Gasteiger partial charge in [0.2, 0.25) is 5.91 Å². The molecule has 0 spiro atoms. The second-order valence-electron chi connectivity index (χ2n) is 6.89. The second kappa shape index (κ2) is 7.67. The number of amides is 1. The van der Waals surface area contributed by atoms with Gasteiger partial charge in [-0.3, -0.25) is 4.79 Å². The van der Waals surface area contributed by atoms with Gasteiger partial charge in [-0.25, -0.2) is 0 Å². The summed E-state index contributed by atoms with van der Waals surface area (Å²) >= 11 is 5.99. The third-order valence-corrected chi connectivity index (χ3v) is 5.47. The first-order chi connectivity index (χ1) is 11.2. The Balaban J connectivity index is 1.60. The molecule has 1 aliphatic heterocycles.